The fourth-order valence-corrected chi connectivity index (χ4v) is 3.67. The summed E-state index contributed by atoms with van der Waals surface area (Å²) < 4.78 is 0. The first-order chi connectivity index (χ1) is 6.52. The normalized spacial score (nSPS) is 34.1. The van der Waals surface area contributed by atoms with Crippen molar-refractivity contribution in [2.75, 3.05) is 18.1 Å². The summed E-state index contributed by atoms with van der Waals surface area (Å²) >= 11 is 2.11. The molecule has 14 heavy (non-hydrogen) atoms. The second-order valence-electron chi connectivity index (χ2n) is 6.06. The van der Waals surface area contributed by atoms with Gasteiger partial charge >= 0.3 is 0 Å². The molecule has 0 amide bonds. The highest BCUT2D eigenvalue weighted by Crippen LogP contribution is 2.45. The number of nitrogens with one attached hydrogen (secondary N) is 1. The van der Waals surface area contributed by atoms with E-state index in [0.717, 1.165) is 6.04 Å². The molecule has 0 bridgehead atoms. The quantitative estimate of drug-likeness (QED) is 0.773. The van der Waals surface area contributed by atoms with Gasteiger partial charge < -0.3 is 5.32 Å². The van der Waals surface area contributed by atoms with Crippen molar-refractivity contribution < 1.29 is 0 Å². The molecule has 0 aromatic heterocycles. The lowest BCUT2D eigenvalue weighted by atomic mass is 9.82. The zero-order valence-electron chi connectivity index (χ0n) is 9.73. The third kappa shape index (κ3) is 2.46. The molecule has 1 saturated carbocycles. The molecule has 2 heteroatoms. The third-order valence-electron chi connectivity index (χ3n) is 4.00. The van der Waals surface area contributed by atoms with E-state index in [1.54, 1.807) is 0 Å². The van der Waals surface area contributed by atoms with E-state index in [2.05, 4.69) is 37.8 Å². The van der Waals surface area contributed by atoms with Gasteiger partial charge in [0, 0.05) is 18.3 Å². The molecule has 82 valence electrons. The van der Waals surface area contributed by atoms with Gasteiger partial charge in [-0.05, 0) is 35.8 Å². The molecule has 0 radical (unpaired) electrons. The van der Waals surface area contributed by atoms with E-state index in [4.69, 9.17) is 0 Å². The van der Waals surface area contributed by atoms with Crippen LogP contribution in [-0.2, 0) is 0 Å². The molecule has 1 saturated heterocycles. The molecule has 2 fully saturated rings. The Bertz CT molecular complexity index is 208. The van der Waals surface area contributed by atoms with Gasteiger partial charge in [0.2, 0.25) is 0 Å². The smallest absolute Gasteiger partial charge is 0.0209 e. The largest absolute Gasteiger partial charge is 0.312 e. The maximum Gasteiger partial charge on any atom is 0.0209 e. The standard InChI is InChI=1S/C12H23NS/c1-11(2)6-7-14-8-10(11)13-9-12(3)4-5-12/h10,13H,4-9H2,1-3H3. The van der Waals surface area contributed by atoms with Crippen LogP contribution < -0.4 is 5.32 Å². The van der Waals surface area contributed by atoms with Crippen LogP contribution >= 0.6 is 11.8 Å². The van der Waals surface area contributed by atoms with Gasteiger partial charge in [-0.1, -0.05) is 20.8 Å². The molecule has 1 atom stereocenters. The van der Waals surface area contributed by atoms with E-state index in [1.165, 1.54) is 37.3 Å². The van der Waals surface area contributed by atoms with Crippen LogP contribution in [0.25, 0.3) is 0 Å². The van der Waals surface area contributed by atoms with Crippen molar-refractivity contribution in [3.05, 3.63) is 0 Å². The summed E-state index contributed by atoms with van der Waals surface area (Å²) in [6, 6.07) is 0.735. The van der Waals surface area contributed by atoms with Crippen molar-refractivity contribution in [2.24, 2.45) is 10.8 Å². The summed E-state index contributed by atoms with van der Waals surface area (Å²) in [5, 5.41) is 3.79. The fourth-order valence-electron chi connectivity index (χ4n) is 2.03. The Morgan fingerprint density at radius 2 is 1.93 bits per heavy atom. The first kappa shape index (κ1) is 10.8. The second kappa shape index (κ2) is 3.71. The van der Waals surface area contributed by atoms with E-state index >= 15 is 0 Å². The Morgan fingerprint density at radius 3 is 2.50 bits per heavy atom. The van der Waals surface area contributed by atoms with Crippen LogP contribution in [0, 0.1) is 10.8 Å². The highest BCUT2D eigenvalue weighted by atomic mass is 32.2. The van der Waals surface area contributed by atoms with Gasteiger partial charge in [-0.2, -0.15) is 11.8 Å². The van der Waals surface area contributed by atoms with Crippen LogP contribution in [0.2, 0.25) is 0 Å². The molecule has 1 nitrogen and oxygen atoms in total. The van der Waals surface area contributed by atoms with Crippen LogP contribution in [0.4, 0.5) is 0 Å². The molecule has 1 heterocycles. The van der Waals surface area contributed by atoms with E-state index in [-0.39, 0.29) is 0 Å². The molecular weight excluding hydrogens is 190 g/mol. The molecular formula is C12H23NS. The van der Waals surface area contributed by atoms with Crippen molar-refractivity contribution in [3.63, 3.8) is 0 Å². The van der Waals surface area contributed by atoms with Crippen molar-refractivity contribution in [1.29, 1.82) is 0 Å². The average molecular weight is 213 g/mol. The Hall–Kier alpha value is 0.310. The number of hydrogen-bond donors (Lipinski definition) is 1. The molecule has 2 aliphatic rings. The summed E-state index contributed by atoms with van der Waals surface area (Å²) in [4.78, 5) is 0. The molecule has 1 N–H and O–H groups in total. The SMILES string of the molecule is CC1(CNC2CSCCC2(C)C)CC1. The lowest BCUT2D eigenvalue weighted by molar-refractivity contribution is 0.236. The van der Waals surface area contributed by atoms with Gasteiger partial charge in [0.25, 0.3) is 0 Å². The summed E-state index contributed by atoms with van der Waals surface area (Å²) in [6.45, 7) is 8.48. The molecule has 0 aromatic carbocycles. The van der Waals surface area contributed by atoms with Crippen LogP contribution in [0.5, 0.6) is 0 Å². The van der Waals surface area contributed by atoms with Crippen molar-refractivity contribution in [3.8, 4) is 0 Å². The minimum Gasteiger partial charge on any atom is -0.312 e. The van der Waals surface area contributed by atoms with Crippen LogP contribution in [0.1, 0.15) is 40.0 Å². The van der Waals surface area contributed by atoms with E-state index < -0.39 is 0 Å². The van der Waals surface area contributed by atoms with Crippen molar-refractivity contribution in [1.82, 2.24) is 5.32 Å². The van der Waals surface area contributed by atoms with E-state index in [0.29, 0.717) is 10.8 Å². The van der Waals surface area contributed by atoms with Crippen LogP contribution in [0.15, 0.2) is 0 Å². The molecule has 0 aromatic rings. The molecule has 2 rings (SSSR count). The molecule has 0 spiro atoms. The number of hydrogen-bond acceptors (Lipinski definition) is 2. The van der Waals surface area contributed by atoms with E-state index in [1.807, 2.05) is 0 Å². The highest BCUT2D eigenvalue weighted by molar-refractivity contribution is 7.99. The Labute approximate surface area is 92.4 Å². The summed E-state index contributed by atoms with van der Waals surface area (Å²) in [5.74, 6) is 2.66. The Kier molecular flexibility index (Phi) is 2.87. The van der Waals surface area contributed by atoms with Crippen LogP contribution in [0.3, 0.4) is 0 Å². The minimum atomic E-state index is 0.510. The Balaban J connectivity index is 1.82. The first-order valence-corrected chi connectivity index (χ1v) is 6.99. The van der Waals surface area contributed by atoms with Gasteiger partial charge in [0.1, 0.15) is 0 Å². The number of thioether (sulfide) groups is 1. The predicted molar refractivity (Wildman–Crippen MR) is 64.9 cm³/mol. The van der Waals surface area contributed by atoms with E-state index in [9.17, 15) is 0 Å². The lowest BCUT2D eigenvalue weighted by Crippen LogP contribution is -2.48. The minimum absolute atomic E-state index is 0.510. The molecule has 1 unspecified atom stereocenters. The van der Waals surface area contributed by atoms with Crippen molar-refractivity contribution in [2.45, 2.75) is 46.1 Å². The predicted octanol–water partition coefficient (Wildman–Crippen LogP) is 2.91. The summed E-state index contributed by atoms with van der Waals surface area (Å²) in [7, 11) is 0. The number of rotatable bonds is 3. The zero-order chi connectivity index (χ0) is 10.2. The summed E-state index contributed by atoms with van der Waals surface area (Å²) in [6.07, 6.45) is 4.23. The fraction of sp³-hybridized carbons (Fsp3) is 1.00. The van der Waals surface area contributed by atoms with Gasteiger partial charge in [-0.15, -0.1) is 0 Å². The topological polar surface area (TPSA) is 12.0 Å². The highest BCUT2D eigenvalue weighted by Gasteiger charge is 2.39. The lowest BCUT2D eigenvalue weighted by Gasteiger charge is -2.39. The molecule has 1 aliphatic heterocycles. The first-order valence-electron chi connectivity index (χ1n) is 5.83. The third-order valence-corrected chi connectivity index (χ3v) is 5.06. The summed E-state index contributed by atoms with van der Waals surface area (Å²) in [5.41, 5.74) is 1.16. The maximum absolute atomic E-state index is 3.79. The van der Waals surface area contributed by atoms with Gasteiger partial charge in [0.15, 0.2) is 0 Å². The zero-order valence-corrected chi connectivity index (χ0v) is 10.5. The van der Waals surface area contributed by atoms with Gasteiger partial charge in [-0.3, -0.25) is 0 Å². The maximum atomic E-state index is 3.79. The van der Waals surface area contributed by atoms with Gasteiger partial charge in [-0.25, -0.2) is 0 Å². The van der Waals surface area contributed by atoms with Gasteiger partial charge in [0.05, 0.1) is 0 Å². The second-order valence-corrected chi connectivity index (χ2v) is 7.21. The molecule has 1 aliphatic carbocycles. The van der Waals surface area contributed by atoms with Crippen molar-refractivity contribution >= 4 is 11.8 Å². The Morgan fingerprint density at radius 1 is 1.21 bits per heavy atom. The average Bonchev–Trinajstić information content (AvgIpc) is 2.82. The van der Waals surface area contributed by atoms with Crippen LogP contribution in [-0.4, -0.2) is 24.1 Å². The monoisotopic (exact) mass is 213 g/mol.